The van der Waals surface area contributed by atoms with Gasteiger partial charge in [0, 0.05) is 0 Å². The van der Waals surface area contributed by atoms with Crippen LogP contribution in [0, 0.1) is 17.8 Å². The van der Waals surface area contributed by atoms with E-state index in [1.807, 2.05) is 0 Å². The van der Waals surface area contributed by atoms with Gasteiger partial charge in [-0.2, -0.15) is 0 Å². The van der Waals surface area contributed by atoms with Crippen LogP contribution in [0.2, 0.25) is 0 Å². The number of ether oxygens (including phenoxy) is 2. The topological polar surface area (TPSA) is 52.6 Å². The second-order valence-corrected chi connectivity index (χ2v) is 14.9. The van der Waals surface area contributed by atoms with Crippen molar-refractivity contribution in [3.05, 3.63) is 0 Å². The predicted octanol–water partition coefficient (Wildman–Crippen LogP) is 3.34. The van der Waals surface area contributed by atoms with Crippen LogP contribution in [0.4, 0.5) is 0 Å². The SMILES string of the molecule is CC(=O)OC1CCC2(C)C3CCC4OC(=O)CC4C3CCI2C1. The van der Waals surface area contributed by atoms with Gasteiger partial charge < -0.3 is 0 Å². The molecule has 6 atom stereocenters. The molecule has 0 radical (unpaired) electrons. The molecule has 4 rings (SSSR count). The molecule has 0 aromatic heterocycles. The Hall–Kier alpha value is -0.330. The Labute approximate surface area is 145 Å². The van der Waals surface area contributed by atoms with Crippen molar-refractivity contribution in [1.82, 2.24) is 0 Å². The zero-order chi connectivity index (χ0) is 16.2. The average Bonchev–Trinajstić information content (AvgIpc) is 2.87. The fourth-order valence-corrected chi connectivity index (χ4v) is 14.6. The molecule has 0 spiro atoms. The summed E-state index contributed by atoms with van der Waals surface area (Å²) < 4.78 is 14.2. The van der Waals surface area contributed by atoms with E-state index in [4.69, 9.17) is 9.47 Å². The van der Waals surface area contributed by atoms with E-state index in [9.17, 15) is 9.59 Å². The normalized spacial score (nSPS) is 47.1. The molecule has 4 fully saturated rings. The quantitative estimate of drug-likeness (QED) is 0.361. The Morgan fingerprint density at radius 1 is 1.26 bits per heavy atom. The van der Waals surface area contributed by atoms with Gasteiger partial charge in [-0.25, -0.2) is 0 Å². The van der Waals surface area contributed by atoms with Crippen LogP contribution < -0.4 is 0 Å². The summed E-state index contributed by atoms with van der Waals surface area (Å²) in [5.74, 6) is 1.89. The van der Waals surface area contributed by atoms with E-state index in [-0.39, 0.29) is 24.1 Å². The second kappa shape index (κ2) is 5.88. The van der Waals surface area contributed by atoms with Gasteiger partial charge in [0.1, 0.15) is 0 Å². The molecule has 3 aliphatic heterocycles. The first kappa shape index (κ1) is 16.2. The monoisotopic (exact) mass is 434 g/mol. The van der Waals surface area contributed by atoms with Crippen LogP contribution in [-0.4, -0.2) is 36.4 Å². The number of rotatable bonds is 1. The molecule has 4 aliphatic rings. The van der Waals surface area contributed by atoms with Gasteiger partial charge in [-0.05, 0) is 0 Å². The summed E-state index contributed by atoms with van der Waals surface area (Å²) in [5.41, 5.74) is 0. The maximum atomic E-state index is 11.7. The summed E-state index contributed by atoms with van der Waals surface area (Å²) in [7, 11) is 0. The molecular formula is C18H27IO4. The minimum absolute atomic E-state index is 0.0327. The van der Waals surface area contributed by atoms with Gasteiger partial charge in [0.2, 0.25) is 0 Å². The zero-order valence-corrected chi connectivity index (χ0v) is 16.2. The van der Waals surface area contributed by atoms with Crippen molar-refractivity contribution < 1.29 is 19.1 Å². The Balaban J connectivity index is 1.51. The molecule has 5 heteroatoms. The molecule has 0 aromatic rings. The third-order valence-corrected chi connectivity index (χ3v) is 15.5. The van der Waals surface area contributed by atoms with Gasteiger partial charge in [-0.3, -0.25) is 0 Å². The van der Waals surface area contributed by atoms with Crippen molar-refractivity contribution in [2.45, 2.75) is 68.0 Å². The van der Waals surface area contributed by atoms with Crippen LogP contribution in [0.15, 0.2) is 0 Å². The number of alkyl halides is 3. The molecule has 23 heavy (non-hydrogen) atoms. The second-order valence-electron chi connectivity index (χ2n) is 7.88. The van der Waals surface area contributed by atoms with E-state index < -0.39 is 19.8 Å². The maximum absolute atomic E-state index is 11.7. The fourth-order valence-electron chi connectivity index (χ4n) is 5.64. The van der Waals surface area contributed by atoms with Crippen molar-refractivity contribution in [3.63, 3.8) is 0 Å². The van der Waals surface area contributed by atoms with Crippen molar-refractivity contribution in [2.75, 3.05) is 8.86 Å². The molecule has 1 saturated carbocycles. The molecule has 3 saturated heterocycles. The van der Waals surface area contributed by atoms with Crippen molar-refractivity contribution in [3.8, 4) is 0 Å². The summed E-state index contributed by atoms with van der Waals surface area (Å²) in [6, 6.07) is 0. The summed E-state index contributed by atoms with van der Waals surface area (Å²) in [4.78, 5) is 23.0. The molecule has 1 aliphatic carbocycles. The molecule has 0 N–H and O–H groups in total. The number of hydrogen-bond acceptors (Lipinski definition) is 4. The standard InChI is InChI=1S/C18H27IO4/c1-11(20)22-12-5-7-18(2)15-3-4-16-14(9-17(21)23-16)13(15)6-8-19(18)10-12/h12-16H,3-10H2,1-2H3. The van der Waals surface area contributed by atoms with Gasteiger partial charge in [-0.15, -0.1) is 0 Å². The zero-order valence-electron chi connectivity index (χ0n) is 14.1. The van der Waals surface area contributed by atoms with Gasteiger partial charge in [0.25, 0.3) is 0 Å². The van der Waals surface area contributed by atoms with Crippen LogP contribution in [0.3, 0.4) is 0 Å². The van der Waals surface area contributed by atoms with E-state index >= 15 is 0 Å². The van der Waals surface area contributed by atoms with E-state index in [2.05, 4.69) is 6.92 Å². The van der Waals surface area contributed by atoms with Crippen molar-refractivity contribution in [2.24, 2.45) is 17.8 Å². The van der Waals surface area contributed by atoms with Crippen LogP contribution in [0.1, 0.15) is 52.4 Å². The Morgan fingerprint density at radius 2 is 2.09 bits per heavy atom. The number of carbonyl (C=O) groups excluding carboxylic acids is 2. The molecule has 4 nitrogen and oxygen atoms in total. The summed E-state index contributed by atoms with van der Waals surface area (Å²) in [6.45, 7) is 4.07. The number of esters is 2. The summed E-state index contributed by atoms with van der Waals surface area (Å²) in [6.07, 6.45) is 6.92. The Bertz CT molecular complexity index is 521. The fraction of sp³-hybridized carbons (Fsp3) is 0.889. The average molecular weight is 434 g/mol. The van der Waals surface area contributed by atoms with Gasteiger partial charge >= 0.3 is 145 Å². The number of hydrogen-bond donors (Lipinski definition) is 0. The molecule has 3 heterocycles. The van der Waals surface area contributed by atoms with E-state index in [1.165, 1.54) is 35.0 Å². The Kier molecular flexibility index (Phi) is 4.13. The molecule has 0 aromatic carbocycles. The van der Waals surface area contributed by atoms with Crippen LogP contribution in [-0.2, 0) is 19.1 Å². The molecule has 0 amide bonds. The van der Waals surface area contributed by atoms with E-state index in [0.29, 0.717) is 21.7 Å². The molecular weight excluding hydrogens is 407 g/mol. The van der Waals surface area contributed by atoms with Crippen LogP contribution >= 0.6 is 19.8 Å². The third-order valence-electron chi connectivity index (χ3n) is 6.69. The van der Waals surface area contributed by atoms with Crippen molar-refractivity contribution in [1.29, 1.82) is 0 Å². The summed E-state index contributed by atoms with van der Waals surface area (Å²) >= 11 is -1.12. The molecule has 130 valence electrons. The third kappa shape index (κ3) is 2.71. The van der Waals surface area contributed by atoms with Gasteiger partial charge in [-0.1, -0.05) is 0 Å². The number of halogens is 1. The van der Waals surface area contributed by atoms with E-state index in [1.54, 1.807) is 0 Å². The van der Waals surface area contributed by atoms with Crippen molar-refractivity contribution >= 4 is 31.8 Å². The first-order valence-corrected chi connectivity index (χ1v) is 13.1. The first-order chi connectivity index (χ1) is 11.0. The van der Waals surface area contributed by atoms with Crippen LogP contribution in [0.25, 0.3) is 0 Å². The Morgan fingerprint density at radius 3 is 2.87 bits per heavy atom. The minimum atomic E-state index is -1.12. The van der Waals surface area contributed by atoms with Gasteiger partial charge in [0.05, 0.1) is 0 Å². The predicted molar refractivity (Wildman–Crippen MR) is 95.8 cm³/mol. The number of carbonyl (C=O) groups is 2. The molecule has 6 unspecified atom stereocenters. The molecule has 0 bridgehead atoms. The first-order valence-electron chi connectivity index (χ1n) is 8.96. The van der Waals surface area contributed by atoms with Crippen LogP contribution in [0.5, 0.6) is 0 Å². The number of fused-ring (bicyclic) bond motifs is 5. The van der Waals surface area contributed by atoms with Gasteiger partial charge in [0.15, 0.2) is 0 Å². The summed E-state index contributed by atoms with van der Waals surface area (Å²) in [5, 5.41) is 0. The van der Waals surface area contributed by atoms with E-state index in [0.717, 1.165) is 18.8 Å².